The second-order valence-corrected chi connectivity index (χ2v) is 4.80. The van der Waals surface area contributed by atoms with E-state index < -0.39 is 0 Å². The van der Waals surface area contributed by atoms with Gasteiger partial charge in [0.15, 0.2) is 0 Å². The van der Waals surface area contributed by atoms with Crippen LogP contribution in [0.25, 0.3) is 0 Å². The molecule has 0 aromatic carbocycles. The van der Waals surface area contributed by atoms with E-state index in [1.807, 2.05) is 6.92 Å². The van der Waals surface area contributed by atoms with Crippen molar-refractivity contribution < 1.29 is 9.53 Å². The minimum atomic E-state index is -0.0631. The zero-order valence-electron chi connectivity index (χ0n) is 10.9. The van der Waals surface area contributed by atoms with Crippen LogP contribution in [0.4, 0.5) is 0 Å². The van der Waals surface area contributed by atoms with Crippen molar-refractivity contribution in [2.45, 2.75) is 52.5 Å². The average Bonchev–Trinajstić information content (AvgIpc) is 3.01. The lowest BCUT2D eigenvalue weighted by molar-refractivity contribution is -0.144. The maximum absolute atomic E-state index is 11.4. The Kier molecular flexibility index (Phi) is 5.81. The van der Waals surface area contributed by atoms with Crippen LogP contribution >= 0.6 is 0 Å². The van der Waals surface area contributed by atoms with Crippen molar-refractivity contribution in [3.63, 3.8) is 0 Å². The first kappa shape index (κ1) is 13.5. The summed E-state index contributed by atoms with van der Waals surface area (Å²) in [6, 6.07) is 0.319. The Bertz CT molecular complexity index is 214. The summed E-state index contributed by atoms with van der Waals surface area (Å²) in [5.41, 5.74) is 0. The third kappa shape index (κ3) is 4.97. The van der Waals surface area contributed by atoms with E-state index in [-0.39, 0.29) is 5.97 Å². The highest BCUT2D eigenvalue weighted by Gasteiger charge is 2.27. The van der Waals surface area contributed by atoms with Gasteiger partial charge in [0.25, 0.3) is 0 Å². The maximum atomic E-state index is 11.4. The number of hydrogen-bond donors (Lipinski definition) is 0. The molecule has 3 nitrogen and oxygen atoms in total. The monoisotopic (exact) mass is 227 g/mol. The van der Waals surface area contributed by atoms with Crippen molar-refractivity contribution in [2.75, 3.05) is 19.7 Å². The Hall–Kier alpha value is -0.570. The first-order valence-corrected chi connectivity index (χ1v) is 6.57. The van der Waals surface area contributed by atoms with Crippen molar-refractivity contribution in [3.05, 3.63) is 0 Å². The Morgan fingerprint density at radius 3 is 2.62 bits per heavy atom. The molecule has 94 valence electrons. The predicted octanol–water partition coefficient (Wildman–Crippen LogP) is 2.45. The standard InChI is InChI=1S/C13H25NO2/c1-4-8-14(10-12-6-7-12)11(3)9-13(15)16-5-2/h11-12H,4-10H2,1-3H3. The third-order valence-electron chi connectivity index (χ3n) is 3.09. The summed E-state index contributed by atoms with van der Waals surface area (Å²) < 4.78 is 5.00. The van der Waals surface area contributed by atoms with Gasteiger partial charge in [-0.05, 0) is 45.6 Å². The Labute approximate surface area is 99.1 Å². The summed E-state index contributed by atoms with van der Waals surface area (Å²) in [6.07, 6.45) is 4.42. The zero-order valence-corrected chi connectivity index (χ0v) is 10.9. The highest BCUT2D eigenvalue weighted by molar-refractivity contribution is 5.70. The van der Waals surface area contributed by atoms with Crippen LogP contribution in [-0.2, 0) is 9.53 Å². The summed E-state index contributed by atoms with van der Waals surface area (Å²) in [6.45, 7) is 8.93. The molecular weight excluding hydrogens is 202 g/mol. The van der Waals surface area contributed by atoms with E-state index in [1.165, 1.54) is 12.8 Å². The van der Waals surface area contributed by atoms with Crippen LogP contribution in [0.5, 0.6) is 0 Å². The molecule has 1 atom stereocenters. The summed E-state index contributed by atoms with van der Waals surface area (Å²) >= 11 is 0. The van der Waals surface area contributed by atoms with Gasteiger partial charge in [-0.1, -0.05) is 6.92 Å². The lowest BCUT2D eigenvalue weighted by atomic mass is 10.2. The van der Waals surface area contributed by atoms with Gasteiger partial charge >= 0.3 is 5.97 Å². The summed E-state index contributed by atoms with van der Waals surface area (Å²) in [5, 5.41) is 0. The molecule has 0 aliphatic heterocycles. The topological polar surface area (TPSA) is 29.5 Å². The van der Waals surface area contributed by atoms with Crippen molar-refractivity contribution >= 4 is 5.97 Å². The molecule has 0 radical (unpaired) electrons. The van der Waals surface area contributed by atoms with Gasteiger partial charge in [0, 0.05) is 12.6 Å². The Morgan fingerprint density at radius 1 is 1.44 bits per heavy atom. The molecule has 0 heterocycles. The van der Waals surface area contributed by atoms with Gasteiger partial charge in [-0.3, -0.25) is 9.69 Å². The molecule has 1 saturated carbocycles. The van der Waals surface area contributed by atoms with Gasteiger partial charge in [-0.2, -0.15) is 0 Å². The first-order valence-electron chi connectivity index (χ1n) is 6.57. The largest absolute Gasteiger partial charge is 0.466 e. The van der Waals surface area contributed by atoms with Crippen molar-refractivity contribution in [2.24, 2.45) is 5.92 Å². The molecule has 0 amide bonds. The number of rotatable bonds is 8. The Morgan fingerprint density at radius 2 is 2.12 bits per heavy atom. The highest BCUT2D eigenvalue weighted by Crippen LogP contribution is 2.30. The van der Waals surface area contributed by atoms with Gasteiger partial charge in [-0.25, -0.2) is 0 Å². The molecule has 1 aliphatic rings. The highest BCUT2D eigenvalue weighted by atomic mass is 16.5. The van der Waals surface area contributed by atoms with Gasteiger partial charge < -0.3 is 4.74 Å². The number of hydrogen-bond acceptors (Lipinski definition) is 3. The van der Waals surface area contributed by atoms with Crippen molar-refractivity contribution in [1.29, 1.82) is 0 Å². The van der Waals surface area contributed by atoms with Crippen LogP contribution in [0.15, 0.2) is 0 Å². The van der Waals surface area contributed by atoms with E-state index in [0.717, 1.165) is 25.4 Å². The SMILES string of the molecule is CCCN(CC1CC1)C(C)CC(=O)OCC. The molecule has 1 aliphatic carbocycles. The normalized spacial score (nSPS) is 17.5. The molecule has 0 N–H and O–H groups in total. The summed E-state index contributed by atoms with van der Waals surface area (Å²) in [4.78, 5) is 13.9. The molecule has 0 aromatic heterocycles. The number of carbonyl (C=O) groups is 1. The molecule has 1 unspecified atom stereocenters. The maximum Gasteiger partial charge on any atom is 0.307 e. The number of nitrogens with zero attached hydrogens (tertiary/aromatic N) is 1. The number of esters is 1. The molecule has 1 rings (SSSR count). The number of carbonyl (C=O) groups excluding carboxylic acids is 1. The van der Waals surface area contributed by atoms with E-state index in [0.29, 0.717) is 19.1 Å². The van der Waals surface area contributed by atoms with Gasteiger partial charge in [-0.15, -0.1) is 0 Å². The fraction of sp³-hybridized carbons (Fsp3) is 0.923. The van der Waals surface area contributed by atoms with Crippen LogP contribution in [0, 0.1) is 5.92 Å². The molecule has 3 heteroatoms. The second-order valence-electron chi connectivity index (χ2n) is 4.80. The summed E-state index contributed by atoms with van der Waals surface area (Å²) in [7, 11) is 0. The molecule has 1 fully saturated rings. The fourth-order valence-corrected chi connectivity index (χ4v) is 2.00. The van der Waals surface area contributed by atoms with Crippen LogP contribution in [0.3, 0.4) is 0 Å². The average molecular weight is 227 g/mol. The summed E-state index contributed by atoms with van der Waals surface area (Å²) in [5.74, 6) is 0.822. The van der Waals surface area contributed by atoms with Crippen LogP contribution in [0.1, 0.15) is 46.5 Å². The quantitative estimate of drug-likeness (QED) is 0.597. The minimum absolute atomic E-state index is 0.0631. The van der Waals surface area contributed by atoms with E-state index in [2.05, 4.69) is 18.7 Å². The number of ether oxygens (including phenoxy) is 1. The van der Waals surface area contributed by atoms with Crippen LogP contribution in [0.2, 0.25) is 0 Å². The second kappa shape index (κ2) is 6.89. The first-order chi connectivity index (χ1) is 7.67. The van der Waals surface area contributed by atoms with Crippen LogP contribution in [-0.4, -0.2) is 36.6 Å². The Balaban J connectivity index is 2.32. The van der Waals surface area contributed by atoms with Crippen LogP contribution < -0.4 is 0 Å². The van der Waals surface area contributed by atoms with Gasteiger partial charge in [0.2, 0.25) is 0 Å². The molecular formula is C13H25NO2. The fourth-order valence-electron chi connectivity index (χ4n) is 2.00. The predicted molar refractivity (Wildman–Crippen MR) is 65.3 cm³/mol. The van der Waals surface area contributed by atoms with Gasteiger partial charge in [0.05, 0.1) is 13.0 Å². The zero-order chi connectivity index (χ0) is 12.0. The minimum Gasteiger partial charge on any atom is -0.466 e. The molecule has 0 bridgehead atoms. The van der Waals surface area contributed by atoms with E-state index in [4.69, 9.17) is 4.74 Å². The lowest BCUT2D eigenvalue weighted by Crippen LogP contribution is -2.37. The third-order valence-corrected chi connectivity index (χ3v) is 3.09. The van der Waals surface area contributed by atoms with E-state index >= 15 is 0 Å². The van der Waals surface area contributed by atoms with Gasteiger partial charge in [0.1, 0.15) is 0 Å². The smallest absolute Gasteiger partial charge is 0.307 e. The molecule has 0 spiro atoms. The molecule has 16 heavy (non-hydrogen) atoms. The van der Waals surface area contributed by atoms with Crippen molar-refractivity contribution in [1.82, 2.24) is 4.90 Å². The lowest BCUT2D eigenvalue weighted by Gasteiger charge is -2.28. The van der Waals surface area contributed by atoms with Crippen molar-refractivity contribution in [3.8, 4) is 0 Å². The molecule has 0 aromatic rings. The molecule has 0 saturated heterocycles. The van der Waals surface area contributed by atoms with E-state index in [1.54, 1.807) is 0 Å². The van der Waals surface area contributed by atoms with E-state index in [9.17, 15) is 4.79 Å².